The standard InChI is InChI=1S/C24H31ClN7O2S/c1-26-35(33,34)22-7-5-4-6-21(22)29-23-20(25)16-27-24(30-23)28-19-10-8-18(9-11-19)17-31-12-14-32(2,3)15-13-31/h4-11,16,26H,12-15,17H2,1-3H3,(H2,27,28,29,30)/q+1. The van der Waals surface area contributed by atoms with Crippen molar-refractivity contribution in [3.05, 3.63) is 65.3 Å². The van der Waals surface area contributed by atoms with Gasteiger partial charge in [0, 0.05) is 25.3 Å². The lowest BCUT2D eigenvalue weighted by Crippen LogP contribution is -2.54. The van der Waals surface area contributed by atoms with E-state index in [2.05, 4.69) is 56.5 Å². The number of piperazine rings is 1. The first-order valence-electron chi connectivity index (χ1n) is 11.4. The van der Waals surface area contributed by atoms with Crippen molar-refractivity contribution >= 4 is 44.8 Å². The largest absolute Gasteiger partial charge is 0.338 e. The van der Waals surface area contributed by atoms with Crippen LogP contribution in [0.15, 0.2) is 59.6 Å². The number of rotatable bonds is 8. The molecule has 35 heavy (non-hydrogen) atoms. The van der Waals surface area contributed by atoms with Gasteiger partial charge in [0.1, 0.15) is 9.92 Å². The number of para-hydroxylation sites is 1. The molecular weight excluding hydrogens is 486 g/mol. The average molecular weight is 517 g/mol. The summed E-state index contributed by atoms with van der Waals surface area (Å²) in [5.74, 6) is 0.639. The van der Waals surface area contributed by atoms with Crippen molar-refractivity contribution in [1.82, 2.24) is 19.6 Å². The summed E-state index contributed by atoms with van der Waals surface area (Å²) in [4.78, 5) is 11.3. The summed E-state index contributed by atoms with van der Waals surface area (Å²) in [6.07, 6.45) is 1.47. The first kappa shape index (κ1) is 25.3. The van der Waals surface area contributed by atoms with Gasteiger partial charge in [-0.25, -0.2) is 18.1 Å². The number of halogens is 1. The SMILES string of the molecule is CNS(=O)(=O)c1ccccc1Nc1nc(Nc2ccc(CN3CC[N+](C)(C)CC3)cc2)ncc1Cl. The Hall–Kier alpha value is -2.76. The van der Waals surface area contributed by atoms with Crippen LogP contribution in [0.3, 0.4) is 0 Å². The van der Waals surface area contributed by atoms with Crippen LogP contribution in [0, 0.1) is 0 Å². The van der Waals surface area contributed by atoms with Crippen molar-refractivity contribution in [3.63, 3.8) is 0 Å². The summed E-state index contributed by atoms with van der Waals surface area (Å²) in [6, 6.07) is 14.7. The van der Waals surface area contributed by atoms with Crippen LogP contribution in [0.2, 0.25) is 5.02 Å². The van der Waals surface area contributed by atoms with E-state index in [0.29, 0.717) is 17.5 Å². The molecule has 0 bridgehead atoms. The molecule has 11 heteroatoms. The maximum absolute atomic E-state index is 12.4. The van der Waals surface area contributed by atoms with E-state index in [4.69, 9.17) is 11.6 Å². The highest BCUT2D eigenvalue weighted by atomic mass is 35.5. The van der Waals surface area contributed by atoms with Crippen LogP contribution in [-0.4, -0.2) is 75.1 Å². The molecule has 1 aliphatic rings. The molecule has 3 aromatic rings. The van der Waals surface area contributed by atoms with E-state index in [-0.39, 0.29) is 9.92 Å². The van der Waals surface area contributed by atoms with Gasteiger partial charge in [0.2, 0.25) is 16.0 Å². The van der Waals surface area contributed by atoms with E-state index in [9.17, 15) is 8.42 Å². The van der Waals surface area contributed by atoms with Gasteiger partial charge in [0.25, 0.3) is 0 Å². The Kier molecular flexibility index (Phi) is 7.58. The Labute approximate surface area is 211 Å². The Morgan fingerprint density at radius 3 is 2.40 bits per heavy atom. The molecule has 0 saturated carbocycles. The second-order valence-corrected chi connectivity index (χ2v) is 11.5. The number of nitrogens with zero attached hydrogens (tertiary/aromatic N) is 4. The van der Waals surface area contributed by atoms with Crippen molar-refractivity contribution in [1.29, 1.82) is 0 Å². The second-order valence-electron chi connectivity index (χ2n) is 9.20. The monoisotopic (exact) mass is 516 g/mol. The minimum atomic E-state index is -3.66. The number of likely N-dealkylation sites (N-methyl/N-ethyl adjacent to an activating group) is 1. The molecule has 186 valence electrons. The fourth-order valence-corrected chi connectivity index (χ4v) is 4.87. The second kappa shape index (κ2) is 10.5. The molecule has 1 aliphatic heterocycles. The number of sulfonamides is 1. The minimum Gasteiger partial charge on any atom is -0.338 e. The Bertz CT molecular complexity index is 1270. The zero-order valence-electron chi connectivity index (χ0n) is 20.1. The van der Waals surface area contributed by atoms with Crippen molar-refractivity contribution in [2.24, 2.45) is 0 Å². The summed E-state index contributed by atoms with van der Waals surface area (Å²) < 4.78 is 28.1. The van der Waals surface area contributed by atoms with Gasteiger partial charge in [0.05, 0.1) is 39.1 Å². The van der Waals surface area contributed by atoms with Gasteiger partial charge in [-0.1, -0.05) is 35.9 Å². The fraction of sp³-hybridized carbons (Fsp3) is 0.333. The number of quaternary nitrogens is 1. The van der Waals surface area contributed by atoms with Crippen LogP contribution in [0.25, 0.3) is 0 Å². The number of nitrogens with one attached hydrogen (secondary N) is 3. The molecule has 2 heterocycles. The molecule has 9 nitrogen and oxygen atoms in total. The smallest absolute Gasteiger partial charge is 0.242 e. The van der Waals surface area contributed by atoms with Gasteiger partial charge < -0.3 is 15.1 Å². The average Bonchev–Trinajstić information content (AvgIpc) is 2.84. The molecule has 0 amide bonds. The topological polar surface area (TPSA) is 99.2 Å². The lowest BCUT2D eigenvalue weighted by Gasteiger charge is -2.39. The molecule has 1 fully saturated rings. The van der Waals surface area contributed by atoms with Crippen LogP contribution in [-0.2, 0) is 16.6 Å². The fourth-order valence-electron chi connectivity index (χ4n) is 3.84. The minimum absolute atomic E-state index is 0.0958. The number of aromatic nitrogens is 2. The Balaban J connectivity index is 1.45. The first-order valence-corrected chi connectivity index (χ1v) is 13.2. The Morgan fingerprint density at radius 2 is 1.71 bits per heavy atom. The molecule has 0 radical (unpaired) electrons. The van der Waals surface area contributed by atoms with Crippen LogP contribution in [0.5, 0.6) is 0 Å². The van der Waals surface area contributed by atoms with E-state index in [1.54, 1.807) is 18.2 Å². The zero-order chi connectivity index (χ0) is 25.1. The maximum Gasteiger partial charge on any atom is 0.242 e. The quantitative estimate of drug-likeness (QED) is 0.394. The van der Waals surface area contributed by atoms with Crippen molar-refractivity contribution in [2.75, 3.05) is 58.0 Å². The maximum atomic E-state index is 12.4. The van der Waals surface area contributed by atoms with Gasteiger partial charge in [-0.15, -0.1) is 0 Å². The van der Waals surface area contributed by atoms with Gasteiger partial charge >= 0.3 is 0 Å². The molecule has 2 aromatic carbocycles. The molecule has 1 saturated heterocycles. The Morgan fingerprint density at radius 1 is 1.03 bits per heavy atom. The molecule has 0 spiro atoms. The normalized spacial score (nSPS) is 16.1. The van der Waals surface area contributed by atoms with E-state index < -0.39 is 10.0 Å². The highest BCUT2D eigenvalue weighted by molar-refractivity contribution is 7.89. The number of anilines is 4. The summed E-state index contributed by atoms with van der Waals surface area (Å²) in [7, 11) is 2.26. The summed E-state index contributed by atoms with van der Waals surface area (Å²) in [6.45, 7) is 5.45. The lowest BCUT2D eigenvalue weighted by molar-refractivity contribution is -0.894. The van der Waals surface area contributed by atoms with E-state index >= 15 is 0 Å². The molecule has 0 unspecified atom stereocenters. The van der Waals surface area contributed by atoms with Gasteiger partial charge in [-0.05, 0) is 36.9 Å². The van der Waals surface area contributed by atoms with Crippen LogP contribution >= 0.6 is 11.6 Å². The van der Waals surface area contributed by atoms with Gasteiger partial charge in [-0.2, -0.15) is 4.98 Å². The molecular formula is C24H31ClN7O2S+. The molecule has 3 N–H and O–H groups in total. The highest BCUT2D eigenvalue weighted by Crippen LogP contribution is 2.28. The summed E-state index contributed by atoms with van der Waals surface area (Å²) in [5, 5.41) is 6.48. The predicted molar refractivity (Wildman–Crippen MR) is 140 cm³/mol. The predicted octanol–water partition coefficient (Wildman–Crippen LogP) is 3.42. The van der Waals surface area contributed by atoms with E-state index in [0.717, 1.165) is 42.9 Å². The number of hydrogen-bond donors (Lipinski definition) is 3. The van der Waals surface area contributed by atoms with Gasteiger partial charge in [-0.3, -0.25) is 4.90 Å². The van der Waals surface area contributed by atoms with E-state index in [1.807, 2.05) is 12.1 Å². The zero-order valence-corrected chi connectivity index (χ0v) is 21.7. The van der Waals surface area contributed by atoms with Crippen molar-refractivity contribution < 1.29 is 12.9 Å². The number of hydrogen-bond acceptors (Lipinski definition) is 7. The third-order valence-corrected chi connectivity index (χ3v) is 7.85. The first-order chi connectivity index (χ1) is 16.6. The van der Waals surface area contributed by atoms with Crippen LogP contribution in [0.1, 0.15) is 5.56 Å². The lowest BCUT2D eigenvalue weighted by atomic mass is 10.1. The summed E-state index contributed by atoms with van der Waals surface area (Å²) >= 11 is 6.29. The van der Waals surface area contributed by atoms with Crippen LogP contribution < -0.4 is 15.4 Å². The highest BCUT2D eigenvalue weighted by Gasteiger charge is 2.24. The number of benzene rings is 2. The molecule has 4 rings (SSSR count). The third-order valence-electron chi connectivity index (χ3n) is 6.10. The molecule has 1 aromatic heterocycles. The molecule has 0 aliphatic carbocycles. The third kappa shape index (κ3) is 6.47. The van der Waals surface area contributed by atoms with Crippen molar-refractivity contribution in [3.8, 4) is 0 Å². The van der Waals surface area contributed by atoms with E-state index in [1.165, 1.54) is 24.9 Å². The van der Waals surface area contributed by atoms with Crippen molar-refractivity contribution in [2.45, 2.75) is 11.4 Å². The van der Waals surface area contributed by atoms with Gasteiger partial charge in [0.15, 0.2) is 5.82 Å². The van der Waals surface area contributed by atoms with Crippen LogP contribution in [0.4, 0.5) is 23.1 Å². The molecule has 0 atom stereocenters. The summed E-state index contributed by atoms with van der Waals surface area (Å²) in [5.41, 5.74) is 2.46.